The van der Waals surface area contributed by atoms with E-state index in [1.165, 1.54) is 12.8 Å². The molecule has 0 aromatic heterocycles. The number of unbranched alkanes of at least 4 members (excludes halogenated alkanes) is 2. The van der Waals surface area contributed by atoms with Crippen LogP contribution in [0.5, 0.6) is 5.75 Å². The van der Waals surface area contributed by atoms with E-state index in [0.29, 0.717) is 5.02 Å². The first kappa shape index (κ1) is 13.3. The molecule has 0 amide bonds. The highest BCUT2D eigenvalue weighted by Crippen LogP contribution is 2.28. The number of hydrogen-bond donors (Lipinski definition) is 0. The van der Waals surface area contributed by atoms with Crippen molar-refractivity contribution in [1.29, 1.82) is 0 Å². The molecule has 0 atom stereocenters. The molecule has 0 aliphatic heterocycles. The topological polar surface area (TPSA) is 9.23 Å². The van der Waals surface area contributed by atoms with E-state index >= 15 is 0 Å². The summed E-state index contributed by atoms with van der Waals surface area (Å²) in [6.45, 7) is 0.757. The monoisotopic (exact) mass is 354 g/mol. The van der Waals surface area contributed by atoms with Crippen LogP contribution in [0.4, 0.5) is 0 Å². The lowest BCUT2D eigenvalue weighted by Crippen LogP contribution is -1.97. The molecule has 1 rings (SSSR count). The van der Waals surface area contributed by atoms with Gasteiger partial charge in [-0.15, -0.1) is 0 Å². The Morgan fingerprint density at radius 2 is 2.00 bits per heavy atom. The van der Waals surface area contributed by atoms with Crippen molar-refractivity contribution in [1.82, 2.24) is 0 Å². The summed E-state index contributed by atoms with van der Waals surface area (Å²) in [5.74, 6) is 0.859. The molecule has 84 valence electrons. The van der Waals surface area contributed by atoms with E-state index in [0.717, 1.165) is 28.6 Å². The Bertz CT molecular complexity index is 305. The second-order valence-electron chi connectivity index (χ2n) is 3.17. The largest absolute Gasteiger partial charge is 0.492 e. The molecule has 1 aromatic carbocycles. The Kier molecular flexibility index (Phi) is 6.69. The van der Waals surface area contributed by atoms with E-state index in [-0.39, 0.29) is 0 Å². The maximum Gasteiger partial charge on any atom is 0.133 e. The third kappa shape index (κ3) is 5.23. The van der Waals surface area contributed by atoms with Crippen LogP contribution >= 0.6 is 43.5 Å². The van der Waals surface area contributed by atoms with Gasteiger partial charge in [0.1, 0.15) is 5.75 Å². The molecule has 15 heavy (non-hydrogen) atoms. The molecule has 0 fully saturated rings. The van der Waals surface area contributed by atoms with Crippen molar-refractivity contribution < 1.29 is 4.74 Å². The van der Waals surface area contributed by atoms with Gasteiger partial charge in [-0.05, 0) is 53.4 Å². The highest BCUT2D eigenvalue weighted by molar-refractivity contribution is 9.10. The van der Waals surface area contributed by atoms with Crippen molar-refractivity contribution in [3.8, 4) is 5.75 Å². The number of hydrogen-bond acceptors (Lipinski definition) is 1. The SMILES string of the molecule is Clc1ccc(OCCCCCBr)c(Br)c1. The maximum atomic E-state index is 5.83. The van der Waals surface area contributed by atoms with Gasteiger partial charge >= 0.3 is 0 Å². The van der Waals surface area contributed by atoms with Crippen LogP contribution in [0.25, 0.3) is 0 Å². The van der Waals surface area contributed by atoms with Gasteiger partial charge in [-0.1, -0.05) is 27.5 Å². The zero-order chi connectivity index (χ0) is 11.1. The fourth-order valence-corrected chi connectivity index (χ4v) is 2.34. The molecule has 4 heteroatoms. The van der Waals surface area contributed by atoms with E-state index in [1.807, 2.05) is 18.2 Å². The van der Waals surface area contributed by atoms with Gasteiger partial charge in [0.2, 0.25) is 0 Å². The summed E-state index contributed by atoms with van der Waals surface area (Å²) in [5, 5.41) is 1.78. The molecular formula is C11H13Br2ClO. The quantitative estimate of drug-likeness (QED) is 0.512. The third-order valence-corrected chi connectivity index (χ3v) is 3.34. The summed E-state index contributed by atoms with van der Waals surface area (Å²) < 4.78 is 6.53. The molecule has 1 aromatic rings. The number of benzene rings is 1. The van der Waals surface area contributed by atoms with Gasteiger partial charge < -0.3 is 4.74 Å². The van der Waals surface area contributed by atoms with E-state index in [9.17, 15) is 0 Å². The molecule has 0 heterocycles. The van der Waals surface area contributed by atoms with Gasteiger partial charge in [0.05, 0.1) is 11.1 Å². The first-order valence-corrected chi connectivity index (χ1v) is 7.17. The van der Waals surface area contributed by atoms with Crippen molar-refractivity contribution in [2.45, 2.75) is 19.3 Å². The minimum Gasteiger partial charge on any atom is -0.492 e. The molecule has 1 nitrogen and oxygen atoms in total. The zero-order valence-electron chi connectivity index (χ0n) is 8.31. The third-order valence-electron chi connectivity index (χ3n) is 1.93. The smallest absolute Gasteiger partial charge is 0.133 e. The second-order valence-corrected chi connectivity index (χ2v) is 5.26. The van der Waals surface area contributed by atoms with Crippen LogP contribution < -0.4 is 4.74 Å². The van der Waals surface area contributed by atoms with Gasteiger partial charge in [0, 0.05) is 10.4 Å². The lowest BCUT2D eigenvalue weighted by Gasteiger charge is -2.07. The molecule has 0 unspecified atom stereocenters. The molecule has 0 saturated heterocycles. The number of alkyl halides is 1. The molecule has 0 bridgehead atoms. The Hall–Kier alpha value is 0.270. The van der Waals surface area contributed by atoms with Crippen molar-refractivity contribution in [3.63, 3.8) is 0 Å². The zero-order valence-corrected chi connectivity index (χ0v) is 12.2. The van der Waals surface area contributed by atoms with Crippen LogP contribution in [-0.2, 0) is 0 Å². The second kappa shape index (κ2) is 7.53. The van der Waals surface area contributed by atoms with E-state index in [4.69, 9.17) is 16.3 Å². The van der Waals surface area contributed by atoms with Crippen LogP contribution in [0.3, 0.4) is 0 Å². The Balaban J connectivity index is 2.31. The minimum atomic E-state index is 0.716. The summed E-state index contributed by atoms with van der Waals surface area (Å²) in [6, 6.07) is 5.56. The Labute approximate surface area is 112 Å². The first-order chi connectivity index (χ1) is 7.24. The van der Waals surface area contributed by atoms with Gasteiger partial charge in [-0.25, -0.2) is 0 Å². The van der Waals surface area contributed by atoms with Crippen LogP contribution in [0.2, 0.25) is 5.02 Å². The summed E-state index contributed by atoms with van der Waals surface area (Å²) >= 11 is 12.6. The highest BCUT2D eigenvalue weighted by atomic mass is 79.9. The standard InChI is InChI=1S/C11H13Br2ClO/c12-6-2-1-3-7-15-11-5-4-9(14)8-10(11)13/h4-5,8H,1-3,6-7H2. The summed E-state index contributed by atoms with van der Waals surface area (Å²) in [5.41, 5.74) is 0. The van der Waals surface area contributed by atoms with Crippen LogP contribution in [0.1, 0.15) is 19.3 Å². The van der Waals surface area contributed by atoms with E-state index < -0.39 is 0 Å². The predicted molar refractivity (Wildman–Crippen MR) is 72.3 cm³/mol. The number of halogens is 3. The molecule has 0 aliphatic carbocycles. The number of ether oxygens (including phenoxy) is 1. The maximum absolute atomic E-state index is 5.83. The summed E-state index contributed by atoms with van der Waals surface area (Å²) in [7, 11) is 0. The summed E-state index contributed by atoms with van der Waals surface area (Å²) in [4.78, 5) is 0. The van der Waals surface area contributed by atoms with Gasteiger partial charge in [-0.2, -0.15) is 0 Å². The van der Waals surface area contributed by atoms with Gasteiger partial charge in [0.15, 0.2) is 0 Å². The fraction of sp³-hybridized carbons (Fsp3) is 0.455. The number of rotatable bonds is 6. The molecule has 0 saturated carbocycles. The average Bonchev–Trinajstić information content (AvgIpc) is 2.20. The van der Waals surface area contributed by atoms with E-state index in [1.54, 1.807) is 0 Å². The Morgan fingerprint density at radius 3 is 2.67 bits per heavy atom. The lowest BCUT2D eigenvalue weighted by atomic mass is 10.3. The molecule has 0 radical (unpaired) electrons. The molecular weight excluding hydrogens is 343 g/mol. The molecule has 0 aliphatic rings. The molecule has 0 spiro atoms. The normalized spacial score (nSPS) is 10.3. The van der Waals surface area contributed by atoms with Crippen LogP contribution in [0, 0.1) is 0 Å². The van der Waals surface area contributed by atoms with Gasteiger partial charge in [0.25, 0.3) is 0 Å². The van der Waals surface area contributed by atoms with Crippen molar-refractivity contribution in [2.24, 2.45) is 0 Å². The van der Waals surface area contributed by atoms with Crippen molar-refractivity contribution in [3.05, 3.63) is 27.7 Å². The van der Waals surface area contributed by atoms with E-state index in [2.05, 4.69) is 31.9 Å². The van der Waals surface area contributed by atoms with Gasteiger partial charge in [-0.3, -0.25) is 0 Å². The first-order valence-electron chi connectivity index (χ1n) is 4.88. The molecule has 0 N–H and O–H groups in total. The summed E-state index contributed by atoms with van der Waals surface area (Å²) in [6.07, 6.45) is 3.47. The fourth-order valence-electron chi connectivity index (χ4n) is 1.15. The van der Waals surface area contributed by atoms with Crippen molar-refractivity contribution in [2.75, 3.05) is 11.9 Å². The minimum absolute atomic E-state index is 0.716. The lowest BCUT2D eigenvalue weighted by molar-refractivity contribution is 0.305. The highest BCUT2D eigenvalue weighted by Gasteiger charge is 2.01. The van der Waals surface area contributed by atoms with Crippen LogP contribution in [0.15, 0.2) is 22.7 Å². The Morgan fingerprint density at radius 1 is 1.20 bits per heavy atom. The predicted octanol–water partition coefficient (Wildman–Crippen LogP) is 5.05. The van der Waals surface area contributed by atoms with Crippen molar-refractivity contribution >= 4 is 43.5 Å². The average molecular weight is 356 g/mol. The van der Waals surface area contributed by atoms with Crippen LogP contribution in [-0.4, -0.2) is 11.9 Å².